The van der Waals surface area contributed by atoms with Crippen molar-refractivity contribution in [2.45, 2.75) is 33.4 Å². The Kier molecular flexibility index (Phi) is 5.76. The third-order valence-electron chi connectivity index (χ3n) is 5.53. The molecule has 5 nitrogen and oxygen atoms in total. The summed E-state index contributed by atoms with van der Waals surface area (Å²) < 4.78 is 7.53. The number of para-hydroxylation sites is 1. The van der Waals surface area contributed by atoms with Crippen molar-refractivity contribution in [2.24, 2.45) is 0 Å². The van der Waals surface area contributed by atoms with E-state index in [1.54, 1.807) is 34.8 Å². The standard InChI is InChI=1S/C26H26N2O3/c1-4-23-22(20-11-5-6-13-24(20)31-23)17-27(3)25(29)21-12-8-14-28(26(21)30)16-19-10-7-9-18(2)15-19/h5-15H,4,16-17H2,1-3H3. The summed E-state index contributed by atoms with van der Waals surface area (Å²) in [6, 6.07) is 19.2. The fourth-order valence-corrected chi connectivity index (χ4v) is 3.95. The highest BCUT2D eigenvalue weighted by atomic mass is 16.3. The number of aromatic nitrogens is 1. The average molecular weight is 415 g/mol. The minimum absolute atomic E-state index is 0.170. The summed E-state index contributed by atoms with van der Waals surface area (Å²) in [4.78, 5) is 27.8. The van der Waals surface area contributed by atoms with Crippen molar-refractivity contribution < 1.29 is 9.21 Å². The summed E-state index contributed by atoms with van der Waals surface area (Å²) in [5.41, 5.74) is 3.85. The molecule has 4 aromatic rings. The van der Waals surface area contributed by atoms with Gasteiger partial charge in [0, 0.05) is 37.2 Å². The lowest BCUT2D eigenvalue weighted by atomic mass is 10.1. The Morgan fingerprint density at radius 1 is 1.06 bits per heavy atom. The topological polar surface area (TPSA) is 55.5 Å². The predicted octanol–water partition coefficient (Wildman–Crippen LogP) is 4.79. The fraction of sp³-hybridized carbons (Fsp3) is 0.231. The molecular weight excluding hydrogens is 388 g/mol. The summed E-state index contributed by atoms with van der Waals surface area (Å²) in [5, 5.41) is 1.00. The third-order valence-corrected chi connectivity index (χ3v) is 5.53. The first kappa shape index (κ1) is 20.7. The molecule has 1 amide bonds. The second-order valence-corrected chi connectivity index (χ2v) is 7.86. The van der Waals surface area contributed by atoms with E-state index in [0.717, 1.165) is 39.8 Å². The molecule has 0 atom stereocenters. The zero-order valence-corrected chi connectivity index (χ0v) is 18.1. The summed E-state index contributed by atoms with van der Waals surface area (Å²) in [5.74, 6) is 0.571. The molecule has 2 aromatic carbocycles. The highest BCUT2D eigenvalue weighted by molar-refractivity contribution is 5.94. The zero-order chi connectivity index (χ0) is 22.0. The van der Waals surface area contributed by atoms with Gasteiger partial charge in [-0.2, -0.15) is 0 Å². The van der Waals surface area contributed by atoms with Gasteiger partial charge in [0.2, 0.25) is 0 Å². The van der Waals surface area contributed by atoms with Crippen LogP contribution in [0.15, 0.2) is 76.1 Å². The molecule has 0 aliphatic carbocycles. The van der Waals surface area contributed by atoms with Crippen molar-refractivity contribution in [3.8, 4) is 0 Å². The molecule has 31 heavy (non-hydrogen) atoms. The SMILES string of the molecule is CCc1oc2ccccc2c1CN(C)C(=O)c1cccn(Cc2cccc(C)c2)c1=O. The normalized spacial score (nSPS) is 11.1. The maximum Gasteiger partial charge on any atom is 0.263 e. The van der Waals surface area contributed by atoms with Crippen LogP contribution in [-0.4, -0.2) is 22.4 Å². The molecule has 0 bridgehead atoms. The van der Waals surface area contributed by atoms with E-state index in [0.29, 0.717) is 13.1 Å². The van der Waals surface area contributed by atoms with Crippen molar-refractivity contribution in [3.63, 3.8) is 0 Å². The number of hydrogen-bond donors (Lipinski definition) is 0. The van der Waals surface area contributed by atoms with E-state index >= 15 is 0 Å². The summed E-state index contributed by atoms with van der Waals surface area (Å²) in [6.45, 7) is 4.86. The van der Waals surface area contributed by atoms with E-state index in [9.17, 15) is 9.59 Å². The maximum atomic E-state index is 13.2. The number of amides is 1. The number of carbonyl (C=O) groups excluding carboxylic acids is 1. The van der Waals surface area contributed by atoms with Gasteiger partial charge in [0.25, 0.3) is 11.5 Å². The Balaban J connectivity index is 1.61. The van der Waals surface area contributed by atoms with Gasteiger partial charge in [-0.15, -0.1) is 0 Å². The first-order valence-corrected chi connectivity index (χ1v) is 10.5. The van der Waals surface area contributed by atoms with Crippen LogP contribution in [0.3, 0.4) is 0 Å². The van der Waals surface area contributed by atoms with Gasteiger partial charge >= 0.3 is 0 Å². The van der Waals surface area contributed by atoms with Gasteiger partial charge in [-0.3, -0.25) is 9.59 Å². The number of carbonyl (C=O) groups is 1. The van der Waals surface area contributed by atoms with Gasteiger partial charge in [0.15, 0.2) is 0 Å². The van der Waals surface area contributed by atoms with E-state index in [-0.39, 0.29) is 17.0 Å². The Morgan fingerprint density at radius 3 is 2.65 bits per heavy atom. The first-order chi connectivity index (χ1) is 15.0. The molecule has 4 rings (SSSR count). The van der Waals surface area contributed by atoms with E-state index in [1.807, 2.05) is 62.4 Å². The number of furan rings is 1. The molecule has 0 N–H and O–H groups in total. The van der Waals surface area contributed by atoms with Gasteiger partial charge in [-0.05, 0) is 30.7 Å². The van der Waals surface area contributed by atoms with Crippen LogP contribution in [0.1, 0.15) is 39.7 Å². The Bertz CT molecular complexity index is 1300. The van der Waals surface area contributed by atoms with Crippen LogP contribution < -0.4 is 5.56 Å². The van der Waals surface area contributed by atoms with Crippen molar-refractivity contribution in [3.05, 3.63) is 105 Å². The average Bonchev–Trinajstić information content (AvgIpc) is 3.12. The number of pyridine rings is 1. The van der Waals surface area contributed by atoms with Crippen molar-refractivity contribution in [1.29, 1.82) is 0 Å². The van der Waals surface area contributed by atoms with E-state index in [4.69, 9.17) is 4.42 Å². The van der Waals surface area contributed by atoms with Crippen LogP contribution in [0, 0.1) is 6.92 Å². The largest absolute Gasteiger partial charge is 0.461 e. The zero-order valence-electron chi connectivity index (χ0n) is 18.1. The monoisotopic (exact) mass is 414 g/mol. The molecular formula is C26H26N2O3. The van der Waals surface area contributed by atoms with Crippen LogP contribution in [0.4, 0.5) is 0 Å². The molecule has 0 aliphatic rings. The molecule has 158 valence electrons. The van der Waals surface area contributed by atoms with Gasteiger partial charge in [0.05, 0.1) is 6.54 Å². The minimum atomic E-state index is -0.295. The third kappa shape index (κ3) is 4.17. The van der Waals surface area contributed by atoms with Crippen molar-refractivity contribution in [2.75, 3.05) is 7.05 Å². The second kappa shape index (κ2) is 8.64. The van der Waals surface area contributed by atoms with E-state index in [1.165, 1.54) is 0 Å². The lowest BCUT2D eigenvalue weighted by Crippen LogP contribution is -2.34. The highest BCUT2D eigenvalue weighted by Gasteiger charge is 2.20. The summed E-state index contributed by atoms with van der Waals surface area (Å²) >= 11 is 0. The van der Waals surface area contributed by atoms with Crippen molar-refractivity contribution in [1.82, 2.24) is 9.47 Å². The molecule has 0 spiro atoms. The maximum absolute atomic E-state index is 13.2. The molecule has 0 aliphatic heterocycles. The molecule has 2 aromatic heterocycles. The van der Waals surface area contributed by atoms with Crippen LogP contribution in [-0.2, 0) is 19.5 Å². The Hall–Kier alpha value is -3.60. The van der Waals surface area contributed by atoms with Gasteiger partial charge in [-0.25, -0.2) is 0 Å². The molecule has 0 fully saturated rings. The fourth-order valence-electron chi connectivity index (χ4n) is 3.95. The smallest absolute Gasteiger partial charge is 0.263 e. The number of rotatable bonds is 6. The van der Waals surface area contributed by atoms with Crippen LogP contribution >= 0.6 is 0 Å². The van der Waals surface area contributed by atoms with Gasteiger partial charge < -0.3 is 13.9 Å². The van der Waals surface area contributed by atoms with Crippen LogP contribution in [0.5, 0.6) is 0 Å². The lowest BCUT2D eigenvalue weighted by Gasteiger charge is -2.18. The quantitative estimate of drug-likeness (QED) is 0.456. The number of fused-ring (bicyclic) bond motifs is 1. The van der Waals surface area contributed by atoms with Crippen molar-refractivity contribution >= 4 is 16.9 Å². The van der Waals surface area contributed by atoms with E-state index in [2.05, 4.69) is 0 Å². The highest BCUT2D eigenvalue weighted by Crippen LogP contribution is 2.27. The summed E-state index contributed by atoms with van der Waals surface area (Å²) in [7, 11) is 1.72. The van der Waals surface area contributed by atoms with E-state index < -0.39 is 0 Å². The lowest BCUT2D eigenvalue weighted by molar-refractivity contribution is 0.0782. The second-order valence-electron chi connectivity index (χ2n) is 7.86. The first-order valence-electron chi connectivity index (χ1n) is 10.5. The number of benzene rings is 2. The Morgan fingerprint density at radius 2 is 1.87 bits per heavy atom. The summed E-state index contributed by atoms with van der Waals surface area (Å²) in [6.07, 6.45) is 2.46. The molecule has 0 unspecified atom stereocenters. The predicted molar refractivity (Wildman–Crippen MR) is 122 cm³/mol. The van der Waals surface area contributed by atoms with Crippen LogP contribution in [0.2, 0.25) is 0 Å². The number of hydrogen-bond acceptors (Lipinski definition) is 3. The Labute approximate surface area is 181 Å². The molecule has 0 saturated carbocycles. The molecule has 0 saturated heterocycles. The number of nitrogens with zero attached hydrogens (tertiary/aromatic N) is 2. The molecule has 0 radical (unpaired) electrons. The minimum Gasteiger partial charge on any atom is -0.461 e. The molecule has 5 heteroatoms. The molecule has 2 heterocycles. The number of aryl methyl sites for hydroxylation is 2. The van der Waals surface area contributed by atoms with Gasteiger partial charge in [0.1, 0.15) is 16.9 Å². The van der Waals surface area contributed by atoms with Gasteiger partial charge in [-0.1, -0.05) is 55.0 Å². The van der Waals surface area contributed by atoms with Crippen LogP contribution in [0.25, 0.3) is 11.0 Å².